The molecule has 0 bridgehead atoms. The summed E-state index contributed by atoms with van der Waals surface area (Å²) in [6, 6.07) is 25.0. The fraction of sp³-hybridized carbons (Fsp3) is 0.278. The lowest BCUT2D eigenvalue weighted by molar-refractivity contribution is -0.115. The summed E-state index contributed by atoms with van der Waals surface area (Å²) in [4.78, 5) is 13.2. The third kappa shape index (κ3) is 7.96. The van der Waals surface area contributed by atoms with Gasteiger partial charge in [0.05, 0.1) is 37.1 Å². The summed E-state index contributed by atoms with van der Waals surface area (Å²) < 4.78 is 43.4. The number of rotatable bonds is 13. The van der Waals surface area contributed by atoms with E-state index < -0.39 is 10.0 Å². The van der Waals surface area contributed by atoms with Crippen LogP contribution in [-0.4, -0.2) is 42.6 Å². The number of nitrogens with zero attached hydrogens (tertiary/aromatic N) is 3. The highest BCUT2D eigenvalue weighted by Crippen LogP contribution is 2.33. The Bertz CT molecular complexity index is 1910. The molecule has 0 saturated carbocycles. The normalized spacial score (nSPS) is 12.4. The van der Waals surface area contributed by atoms with Gasteiger partial charge in [0.15, 0.2) is 0 Å². The number of aromatic nitrogens is 2. The van der Waals surface area contributed by atoms with E-state index in [4.69, 9.17) is 26.2 Å². The molecule has 1 unspecified atom stereocenters. The number of hydrogen-bond acceptors (Lipinski definition) is 6. The Morgan fingerprint density at radius 1 is 0.894 bits per heavy atom. The van der Waals surface area contributed by atoms with Crippen LogP contribution in [0.25, 0.3) is 10.9 Å². The zero-order valence-corrected chi connectivity index (χ0v) is 28.7. The van der Waals surface area contributed by atoms with Crippen molar-refractivity contribution in [1.29, 1.82) is 0 Å². The standard InChI is InChI=1S/C36H39ClN4O5S/c1-24(2)25(3)41-23-32-34(39-41)19-29(38-36(42)18-28-8-6-7-9-33(28)37)20-35(32)47(43,44)40(21-26-10-14-30(45-4)15-11-26)22-27-12-16-31(46-5)17-13-27/h6-17,19-20,23-25H,18,21-22H2,1-5H3,(H,38,42). The molecule has 1 amide bonds. The van der Waals surface area contributed by atoms with Crippen LogP contribution in [0, 0.1) is 5.92 Å². The number of anilines is 1. The summed E-state index contributed by atoms with van der Waals surface area (Å²) in [6.07, 6.45) is 1.81. The molecule has 246 valence electrons. The van der Waals surface area contributed by atoms with Crippen LogP contribution >= 0.6 is 11.6 Å². The summed E-state index contributed by atoms with van der Waals surface area (Å²) in [6.45, 7) is 6.40. The number of hydrogen-bond donors (Lipinski definition) is 1. The van der Waals surface area contributed by atoms with Gasteiger partial charge in [-0.25, -0.2) is 8.42 Å². The van der Waals surface area contributed by atoms with Crippen LogP contribution in [0.2, 0.25) is 5.02 Å². The number of nitrogens with one attached hydrogen (secondary N) is 1. The van der Waals surface area contributed by atoms with Crippen molar-refractivity contribution in [2.45, 2.75) is 51.2 Å². The maximum Gasteiger partial charge on any atom is 0.244 e. The summed E-state index contributed by atoms with van der Waals surface area (Å²) in [5.74, 6) is 1.27. The number of halogens is 1. The smallest absolute Gasteiger partial charge is 0.244 e. The minimum atomic E-state index is -4.17. The Hall–Kier alpha value is -4.38. The summed E-state index contributed by atoms with van der Waals surface area (Å²) in [5, 5.41) is 8.61. The van der Waals surface area contributed by atoms with Gasteiger partial charge in [0.25, 0.3) is 0 Å². The van der Waals surface area contributed by atoms with E-state index in [-0.39, 0.29) is 42.3 Å². The van der Waals surface area contributed by atoms with Crippen LogP contribution < -0.4 is 14.8 Å². The summed E-state index contributed by atoms with van der Waals surface area (Å²) >= 11 is 6.30. The number of amides is 1. The van der Waals surface area contributed by atoms with Gasteiger partial charge < -0.3 is 14.8 Å². The quantitative estimate of drug-likeness (QED) is 0.139. The van der Waals surface area contributed by atoms with Crippen LogP contribution in [0.1, 0.15) is 43.5 Å². The molecule has 1 heterocycles. The van der Waals surface area contributed by atoms with Crippen molar-refractivity contribution < 1.29 is 22.7 Å². The second kappa shape index (κ2) is 14.6. The first-order chi connectivity index (χ1) is 22.5. The van der Waals surface area contributed by atoms with Crippen LogP contribution in [0.4, 0.5) is 5.69 Å². The molecule has 0 aliphatic heterocycles. The highest BCUT2D eigenvalue weighted by Gasteiger charge is 2.29. The molecular weight excluding hydrogens is 636 g/mol. The maximum atomic E-state index is 14.8. The molecule has 5 rings (SSSR count). The van der Waals surface area contributed by atoms with E-state index in [1.807, 2.05) is 37.3 Å². The van der Waals surface area contributed by atoms with Gasteiger partial charge in [-0.15, -0.1) is 0 Å². The molecule has 0 aliphatic carbocycles. The van der Waals surface area contributed by atoms with Crippen molar-refractivity contribution in [3.63, 3.8) is 0 Å². The molecule has 1 aromatic heterocycles. The highest BCUT2D eigenvalue weighted by molar-refractivity contribution is 7.89. The molecule has 0 fully saturated rings. The van der Waals surface area contributed by atoms with Crippen molar-refractivity contribution in [2.24, 2.45) is 5.92 Å². The third-order valence-electron chi connectivity index (χ3n) is 8.23. The number of carbonyl (C=O) groups is 1. The fourth-order valence-corrected chi connectivity index (χ4v) is 6.99. The Morgan fingerprint density at radius 2 is 1.47 bits per heavy atom. The molecule has 1 atom stereocenters. The lowest BCUT2D eigenvalue weighted by Crippen LogP contribution is -2.30. The minimum Gasteiger partial charge on any atom is -0.497 e. The molecular formula is C36H39ClN4O5S. The first-order valence-electron chi connectivity index (χ1n) is 15.3. The number of fused-ring (bicyclic) bond motifs is 1. The van der Waals surface area contributed by atoms with Crippen molar-refractivity contribution in [1.82, 2.24) is 14.1 Å². The van der Waals surface area contributed by atoms with E-state index in [1.54, 1.807) is 73.6 Å². The molecule has 1 N–H and O–H groups in total. The molecule has 11 heteroatoms. The van der Waals surface area contributed by atoms with Gasteiger partial charge in [0.1, 0.15) is 11.5 Å². The molecule has 0 saturated heterocycles. The van der Waals surface area contributed by atoms with Crippen molar-refractivity contribution in [2.75, 3.05) is 19.5 Å². The van der Waals surface area contributed by atoms with E-state index in [2.05, 4.69) is 19.2 Å². The lowest BCUT2D eigenvalue weighted by Gasteiger charge is -2.24. The SMILES string of the molecule is COc1ccc(CN(Cc2ccc(OC)cc2)S(=O)(=O)c2cc(NC(=O)Cc3ccccc3Cl)cc3nn(C(C)C(C)C)cc23)cc1. The topological polar surface area (TPSA) is 103 Å². The molecule has 0 radical (unpaired) electrons. The average Bonchev–Trinajstić information content (AvgIpc) is 3.49. The molecule has 9 nitrogen and oxygen atoms in total. The number of carbonyl (C=O) groups excluding carboxylic acids is 1. The van der Waals surface area contributed by atoms with Crippen LogP contribution in [0.5, 0.6) is 11.5 Å². The predicted octanol–water partition coefficient (Wildman–Crippen LogP) is 7.50. The van der Waals surface area contributed by atoms with Crippen molar-refractivity contribution in [3.05, 3.63) is 113 Å². The monoisotopic (exact) mass is 674 g/mol. The molecule has 0 aliphatic rings. The summed E-state index contributed by atoms with van der Waals surface area (Å²) in [7, 11) is -0.998. The summed E-state index contributed by atoms with van der Waals surface area (Å²) in [5.41, 5.74) is 3.02. The van der Waals surface area contributed by atoms with Crippen molar-refractivity contribution >= 4 is 44.1 Å². The Labute approximate surface area is 281 Å². The van der Waals surface area contributed by atoms with Crippen LogP contribution in [0.15, 0.2) is 96.0 Å². The van der Waals surface area contributed by atoms with Crippen LogP contribution in [0.3, 0.4) is 0 Å². The van der Waals surface area contributed by atoms with E-state index in [0.717, 1.165) is 11.1 Å². The zero-order chi connectivity index (χ0) is 33.7. The predicted molar refractivity (Wildman–Crippen MR) is 185 cm³/mol. The maximum absolute atomic E-state index is 14.8. The van der Waals surface area contributed by atoms with Gasteiger partial charge in [-0.1, -0.05) is 67.9 Å². The van der Waals surface area contributed by atoms with Gasteiger partial charge in [-0.05, 0) is 72.0 Å². The largest absolute Gasteiger partial charge is 0.497 e. The first-order valence-corrected chi connectivity index (χ1v) is 17.1. The first kappa shape index (κ1) is 34.0. The van der Waals surface area contributed by atoms with E-state index in [9.17, 15) is 13.2 Å². The highest BCUT2D eigenvalue weighted by atomic mass is 35.5. The molecule has 5 aromatic rings. The molecule has 4 aromatic carbocycles. The second-order valence-corrected chi connectivity index (χ2v) is 14.1. The number of benzene rings is 4. The average molecular weight is 675 g/mol. The van der Waals surface area contributed by atoms with Gasteiger partial charge in [0, 0.05) is 35.4 Å². The van der Waals surface area contributed by atoms with Crippen LogP contribution in [-0.2, 0) is 34.3 Å². The van der Waals surface area contributed by atoms with Gasteiger partial charge in [0.2, 0.25) is 15.9 Å². The Morgan fingerprint density at radius 3 is 2.00 bits per heavy atom. The minimum absolute atomic E-state index is 0.00548. The van der Waals surface area contributed by atoms with Gasteiger partial charge >= 0.3 is 0 Å². The molecule has 0 spiro atoms. The number of sulfonamides is 1. The molecule has 47 heavy (non-hydrogen) atoms. The van der Waals surface area contributed by atoms with Gasteiger partial charge in [-0.3, -0.25) is 9.48 Å². The third-order valence-corrected chi connectivity index (χ3v) is 10.4. The van der Waals surface area contributed by atoms with Gasteiger partial charge in [-0.2, -0.15) is 9.40 Å². The van der Waals surface area contributed by atoms with E-state index >= 15 is 0 Å². The lowest BCUT2D eigenvalue weighted by atomic mass is 10.1. The Kier molecular flexibility index (Phi) is 10.5. The van der Waals surface area contributed by atoms with E-state index in [0.29, 0.717) is 38.7 Å². The van der Waals surface area contributed by atoms with Crippen molar-refractivity contribution in [3.8, 4) is 11.5 Å². The Balaban J connectivity index is 1.59. The zero-order valence-electron chi connectivity index (χ0n) is 27.1. The second-order valence-electron chi connectivity index (χ2n) is 11.8. The number of ether oxygens (including phenoxy) is 2. The number of methoxy groups -OCH3 is 2. The fourth-order valence-electron chi connectivity index (χ4n) is 5.16. The van der Waals surface area contributed by atoms with E-state index in [1.165, 1.54) is 10.4 Å².